The summed E-state index contributed by atoms with van der Waals surface area (Å²) in [6, 6.07) is 0. The SMILES string of the molecule is Fc1nnc(F)c(-c2c(F)c(F)c(F)c(F)c2F)c1-c1c(F)c(F)c(F)c(F)c1F. The van der Waals surface area contributed by atoms with Crippen molar-refractivity contribution in [1.82, 2.24) is 10.2 Å². The molecular weight excluding hydrogens is 448 g/mol. The number of hydrogen-bond acceptors (Lipinski definition) is 2. The van der Waals surface area contributed by atoms with Gasteiger partial charge in [0.1, 0.15) is 0 Å². The second-order valence-corrected chi connectivity index (χ2v) is 5.42. The molecule has 3 aromatic rings. The average molecular weight is 448 g/mol. The van der Waals surface area contributed by atoms with Gasteiger partial charge in [-0.15, -0.1) is 10.2 Å². The summed E-state index contributed by atoms with van der Waals surface area (Å²) in [6.45, 7) is 0. The van der Waals surface area contributed by atoms with E-state index in [0.717, 1.165) is 0 Å². The fraction of sp³-hybridized carbons (Fsp3) is 0. The van der Waals surface area contributed by atoms with Gasteiger partial charge in [0, 0.05) is 0 Å². The zero-order valence-corrected chi connectivity index (χ0v) is 13.4. The van der Waals surface area contributed by atoms with Crippen LogP contribution in [0.5, 0.6) is 0 Å². The molecule has 0 saturated heterocycles. The highest BCUT2D eigenvalue weighted by Crippen LogP contribution is 2.42. The van der Waals surface area contributed by atoms with Gasteiger partial charge in [-0.05, 0) is 0 Å². The minimum Gasteiger partial charge on any atom is -0.203 e. The Morgan fingerprint density at radius 2 is 0.467 bits per heavy atom. The van der Waals surface area contributed by atoms with Crippen molar-refractivity contribution < 1.29 is 52.7 Å². The zero-order chi connectivity index (χ0) is 22.7. The van der Waals surface area contributed by atoms with Crippen molar-refractivity contribution in [2.75, 3.05) is 0 Å². The van der Waals surface area contributed by atoms with Crippen molar-refractivity contribution in [3.8, 4) is 22.3 Å². The molecule has 2 nitrogen and oxygen atoms in total. The summed E-state index contributed by atoms with van der Waals surface area (Å²) in [5.74, 6) is -32.1. The van der Waals surface area contributed by atoms with Crippen LogP contribution in [0.15, 0.2) is 0 Å². The summed E-state index contributed by atoms with van der Waals surface area (Å²) >= 11 is 0. The fourth-order valence-electron chi connectivity index (χ4n) is 2.50. The van der Waals surface area contributed by atoms with E-state index in [0.29, 0.717) is 0 Å². The maximum Gasteiger partial charge on any atom is 0.242 e. The molecule has 1 aromatic heterocycles. The normalized spacial score (nSPS) is 11.3. The maximum atomic E-state index is 14.2. The number of nitrogens with zero attached hydrogens (tertiary/aromatic N) is 2. The smallest absolute Gasteiger partial charge is 0.203 e. The molecule has 158 valence electrons. The topological polar surface area (TPSA) is 25.8 Å². The lowest BCUT2D eigenvalue weighted by atomic mass is 9.94. The molecule has 0 N–H and O–H groups in total. The van der Waals surface area contributed by atoms with Crippen molar-refractivity contribution in [1.29, 1.82) is 0 Å². The van der Waals surface area contributed by atoms with Crippen LogP contribution in [-0.4, -0.2) is 10.2 Å². The van der Waals surface area contributed by atoms with Gasteiger partial charge in [-0.25, -0.2) is 43.9 Å². The standard InChI is InChI=1S/C16F12N2/c17-5-3(6(18)10(22)13(25)9(5)21)1-2(16(28)30-29-15(1)27)4-7(19)11(23)14(26)12(24)8(4)20. The first kappa shape index (κ1) is 21.4. The average Bonchev–Trinajstić information content (AvgIpc) is 2.72. The number of benzene rings is 2. The van der Waals surface area contributed by atoms with Crippen LogP contribution in [-0.2, 0) is 0 Å². The summed E-state index contributed by atoms with van der Waals surface area (Å²) in [7, 11) is 0. The lowest BCUT2D eigenvalue weighted by Gasteiger charge is -2.15. The molecule has 0 unspecified atom stereocenters. The predicted molar refractivity (Wildman–Crippen MR) is 72.4 cm³/mol. The first-order chi connectivity index (χ1) is 13.9. The Morgan fingerprint density at radius 1 is 0.267 bits per heavy atom. The number of halogens is 12. The molecule has 0 aliphatic heterocycles. The second-order valence-electron chi connectivity index (χ2n) is 5.42. The lowest BCUT2D eigenvalue weighted by molar-refractivity contribution is 0.379. The molecule has 0 aliphatic rings. The molecule has 0 spiro atoms. The van der Waals surface area contributed by atoms with E-state index in [1.807, 2.05) is 0 Å². The first-order valence-corrected chi connectivity index (χ1v) is 7.17. The molecule has 30 heavy (non-hydrogen) atoms. The van der Waals surface area contributed by atoms with Crippen molar-refractivity contribution in [2.24, 2.45) is 0 Å². The predicted octanol–water partition coefficient (Wildman–Crippen LogP) is 5.48. The Kier molecular flexibility index (Phi) is 5.12. The minimum atomic E-state index is -2.76. The summed E-state index contributed by atoms with van der Waals surface area (Å²) in [5, 5.41) is 4.71. The van der Waals surface area contributed by atoms with Crippen molar-refractivity contribution in [3.05, 3.63) is 70.1 Å². The third-order valence-electron chi connectivity index (χ3n) is 3.81. The van der Waals surface area contributed by atoms with E-state index < -0.39 is 92.3 Å². The third kappa shape index (κ3) is 2.85. The van der Waals surface area contributed by atoms with Gasteiger partial charge in [0.05, 0.1) is 22.3 Å². The maximum absolute atomic E-state index is 14.2. The van der Waals surface area contributed by atoms with Gasteiger partial charge in [-0.1, -0.05) is 0 Å². The molecule has 0 bridgehead atoms. The molecule has 0 radical (unpaired) electrons. The van der Waals surface area contributed by atoms with E-state index in [1.165, 1.54) is 0 Å². The number of aromatic nitrogens is 2. The Morgan fingerprint density at radius 3 is 0.700 bits per heavy atom. The quantitative estimate of drug-likeness (QED) is 0.295. The highest BCUT2D eigenvalue weighted by Gasteiger charge is 2.36. The fourth-order valence-corrected chi connectivity index (χ4v) is 2.50. The number of hydrogen-bond donors (Lipinski definition) is 0. The van der Waals surface area contributed by atoms with E-state index in [9.17, 15) is 52.7 Å². The van der Waals surface area contributed by atoms with Crippen LogP contribution in [0.25, 0.3) is 22.3 Å². The van der Waals surface area contributed by atoms with Gasteiger partial charge in [-0.3, -0.25) is 0 Å². The van der Waals surface area contributed by atoms with Crippen molar-refractivity contribution in [2.45, 2.75) is 0 Å². The van der Waals surface area contributed by atoms with E-state index in [1.54, 1.807) is 0 Å². The van der Waals surface area contributed by atoms with Gasteiger partial charge < -0.3 is 0 Å². The third-order valence-corrected chi connectivity index (χ3v) is 3.81. The Balaban J connectivity index is 2.59. The van der Waals surface area contributed by atoms with Crippen LogP contribution in [0.4, 0.5) is 52.7 Å². The number of rotatable bonds is 2. The van der Waals surface area contributed by atoms with Gasteiger partial charge in [0.15, 0.2) is 46.5 Å². The van der Waals surface area contributed by atoms with E-state index >= 15 is 0 Å². The molecule has 0 aliphatic carbocycles. The van der Waals surface area contributed by atoms with Gasteiger partial charge in [0.2, 0.25) is 23.5 Å². The molecule has 3 rings (SSSR count). The van der Waals surface area contributed by atoms with Crippen molar-refractivity contribution in [3.63, 3.8) is 0 Å². The first-order valence-electron chi connectivity index (χ1n) is 7.17. The second kappa shape index (κ2) is 7.18. The summed E-state index contributed by atoms with van der Waals surface area (Å²) < 4.78 is 165. The summed E-state index contributed by atoms with van der Waals surface area (Å²) in [5.41, 5.74) is -8.81. The Bertz CT molecular complexity index is 1070. The van der Waals surface area contributed by atoms with Crippen LogP contribution >= 0.6 is 0 Å². The zero-order valence-electron chi connectivity index (χ0n) is 13.4. The van der Waals surface area contributed by atoms with Crippen LogP contribution < -0.4 is 0 Å². The van der Waals surface area contributed by atoms with Crippen molar-refractivity contribution >= 4 is 0 Å². The van der Waals surface area contributed by atoms with Crippen LogP contribution in [0.2, 0.25) is 0 Å². The molecule has 2 aromatic carbocycles. The van der Waals surface area contributed by atoms with E-state index in [-0.39, 0.29) is 0 Å². The summed E-state index contributed by atoms with van der Waals surface area (Å²) in [6.07, 6.45) is 0. The molecule has 1 heterocycles. The Labute approximate surface area is 156 Å². The van der Waals surface area contributed by atoms with Crippen LogP contribution in [0, 0.1) is 70.1 Å². The monoisotopic (exact) mass is 448 g/mol. The molecule has 14 heteroatoms. The van der Waals surface area contributed by atoms with Gasteiger partial charge in [0.25, 0.3) is 0 Å². The molecular formula is C16F12N2. The highest BCUT2D eigenvalue weighted by molar-refractivity contribution is 5.84. The minimum absolute atomic E-state index is 2.13. The molecule has 0 saturated carbocycles. The lowest BCUT2D eigenvalue weighted by Crippen LogP contribution is -2.11. The van der Waals surface area contributed by atoms with Gasteiger partial charge >= 0.3 is 0 Å². The molecule has 0 amide bonds. The van der Waals surface area contributed by atoms with Crippen LogP contribution in [0.3, 0.4) is 0 Å². The van der Waals surface area contributed by atoms with Gasteiger partial charge in [-0.2, -0.15) is 8.78 Å². The molecule has 0 atom stereocenters. The largest absolute Gasteiger partial charge is 0.242 e. The summed E-state index contributed by atoms with van der Waals surface area (Å²) in [4.78, 5) is 0. The Hall–Kier alpha value is -3.32. The highest BCUT2D eigenvalue weighted by atomic mass is 19.2. The van der Waals surface area contributed by atoms with Crippen LogP contribution in [0.1, 0.15) is 0 Å². The van der Waals surface area contributed by atoms with E-state index in [4.69, 9.17) is 0 Å². The molecule has 0 fully saturated rings. The van der Waals surface area contributed by atoms with E-state index in [2.05, 4.69) is 10.2 Å².